The number of aromatic nitrogens is 2. The first kappa shape index (κ1) is 13.9. The molecule has 1 aromatic heterocycles. The van der Waals surface area contributed by atoms with Crippen molar-refractivity contribution in [1.82, 2.24) is 9.97 Å². The Morgan fingerprint density at radius 1 is 1.38 bits per heavy atom. The number of benzene rings is 1. The standard InChI is InChI=1S/C12H6N4O5/c13-6-7-11(15-5-4-14-7)21-9-3-1-2-8(16(19)20)10(9)12(17)18/h1-5H,(H,17,18). The van der Waals surface area contributed by atoms with Crippen LogP contribution < -0.4 is 4.74 Å². The van der Waals surface area contributed by atoms with Crippen molar-refractivity contribution in [2.24, 2.45) is 0 Å². The maximum absolute atomic E-state index is 11.2. The molecule has 9 heteroatoms. The van der Waals surface area contributed by atoms with E-state index >= 15 is 0 Å². The molecule has 0 radical (unpaired) electrons. The van der Waals surface area contributed by atoms with Gasteiger partial charge >= 0.3 is 5.97 Å². The van der Waals surface area contributed by atoms with E-state index in [9.17, 15) is 14.9 Å². The van der Waals surface area contributed by atoms with Crippen LogP contribution in [0.5, 0.6) is 11.6 Å². The molecule has 0 atom stereocenters. The fourth-order valence-electron chi connectivity index (χ4n) is 1.55. The third-order valence-electron chi connectivity index (χ3n) is 2.39. The Kier molecular flexibility index (Phi) is 3.71. The second-order valence-corrected chi connectivity index (χ2v) is 3.64. The van der Waals surface area contributed by atoms with Crippen LogP contribution >= 0.6 is 0 Å². The first-order valence-corrected chi connectivity index (χ1v) is 5.44. The van der Waals surface area contributed by atoms with E-state index in [1.54, 1.807) is 6.07 Å². The number of nitro groups is 1. The Hall–Kier alpha value is -3.54. The van der Waals surface area contributed by atoms with Gasteiger partial charge in [0.15, 0.2) is 11.3 Å². The number of ether oxygens (including phenoxy) is 1. The predicted molar refractivity (Wildman–Crippen MR) is 66.9 cm³/mol. The minimum absolute atomic E-state index is 0.166. The van der Waals surface area contributed by atoms with E-state index in [0.29, 0.717) is 0 Å². The first-order chi connectivity index (χ1) is 10.0. The number of hydrogen-bond donors (Lipinski definition) is 1. The van der Waals surface area contributed by atoms with E-state index in [1.807, 2.05) is 0 Å². The number of carbonyl (C=O) groups is 1. The normalized spacial score (nSPS) is 9.67. The van der Waals surface area contributed by atoms with Crippen LogP contribution in [0.15, 0.2) is 30.6 Å². The molecular formula is C12H6N4O5. The molecule has 0 aliphatic carbocycles. The summed E-state index contributed by atoms with van der Waals surface area (Å²) in [7, 11) is 0. The number of hydrogen-bond acceptors (Lipinski definition) is 7. The molecule has 9 nitrogen and oxygen atoms in total. The molecule has 0 amide bonds. The number of carboxylic acids is 1. The van der Waals surface area contributed by atoms with Gasteiger partial charge in [-0.25, -0.2) is 14.8 Å². The highest BCUT2D eigenvalue weighted by Gasteiger charge is 2.25. The second-order valence-electron chi connectivity index (χ2n) is 3.64. The lowest BCUT2D eigenvalue weighted by atomic mass is 10.1. The smallest absolute Gasteiger partial charge is 0.346 e. The Morgan fingerprint density at radius 3 is 2.71 bits per heavy atom. The van der Waals surface area contributed by atoms with Gasteiger partial charge in [0.05, 0.1) is 4.92 Å². The van der Waals surface area contributed by atoms with Crippen LogP contribution in [0.25, 0.3) is 0 Å². The summed E-state index contributed by atoms with van der Waals surface area (Å²) < 4.78 is 5.20. The monoisotopic (exact) mass is 286 g/mol. The quantitative estimate of drug-likeness (QED) is 0.662. The summed E-state index contributed by atoms with van der Waals surface area (Å²) >= 11 is 0. The fourth-order valence-corrected chi connectivity index (χ4v) is 1.55. The van der Waals surface area contributed by atoms with Crippen LogP contribution in [-0.2, 0) is 0 Å². The molecule has 0 saturated carbocycles. The Morgan fingerprint density at radius 2 is 2.10 bits per heavy atom. The molecule has 0 aliphatic rings. The van der Waals surface area contributed by atoms with Crippen molar-refractivity contribution in [3.8, 4) is 17.7 Å². The number of carboxylic acid groups (broad SMARTS) is 1. The van der Waals surface area contributed by atoms with Crippen LogP contribution in [0.4, 0.5) is 5.69 Å². The molecule has 0 unspecified atom stereocenters. The summed E-state index contributed by atoms with van der Waals surface area (Å²) in [5.41, 5.74) is -1.42. The van der Waals surface area contributed by atoms with E-state index in [-0.39, 0.29) is 17.3 Å². The third-order valence-corrected chi connectivity index (χ3v) is 2.39. The van der Waals surface area contributed by atoms with Gasteiger partial charge in [-0.05, 0) is 6.07 Å². The minimum atomic E-state index is -1.53. The van der Waals surface area contributed by atoms with Crippen molar-refractivity contribution in [1.29, 1.82) is 5.26 Å². The number of nitriles is 1. The number of nitro benzene ring substituents is 1. The van der Waals surface area contributed by atoms with E-state index in [1.165, 1.54) is 24.5 Å². The fraction of sp³-hybridized carbons (Fsp3) is 0. The van der Waals surface area contributed by atoms with E-state index in [4.69, 9.17) is 15.1 Å². The highest BCUT2D eigenvalue weighted by atomic mass is 16.6. The van der Waals surface area contributed by atoms with Crippen LogP contribution in [0.2, 0.25) is 0 Å². The molecule has 104 valence electrons. The average molecular weight is 286 g/mol. The number of rotatable bonds is 4. The Balaban J connectivity index is 2.55. The molecule has 0 aliphatic heterocycles. The highest BCUT2D eigenvalue weighted by Crippen LogP contribution is 2.31. The summed E-state index contributed by atoms with van der Waals surface area (Å²) in [6.45, 7) is 0. The van der Waals surface area contributed by atoms with Crippen molar-refractivity contribution < 1.29 is 19.6 Å². The Labute approximate surface area is 117 Å². The van der Waals surface area contributed by atoms with Gasteiger partial charge in [0.2, 0.25) is 5.69 Å². The van der Waals surface area contributed by atoms with Crippen LogP contribution in [0.1, 0.15) is 16.1 Å². The van der Waals surface area contributed by atoms with E-state index in [0.717, 1.165) is 6.07 Å². The minimum Gasteiger partial charge on any atom is -0.477 e. The van der Waals surface area contributed by atoms with Gasteiger partial charge in [0, 0.05) is 18.5 Å². The van der Waals surface area contributed by atoms with Crippen molar-refractivity contribution in [2.75, 3.05) is 0 Å². The lowest BCUT2D eigenvalue weighted by Gasteiger charge is -2.08. The van der Waals surface area contributed by atoms with E-state index in [2.05, 4.69) is 9.97 Å². The van der Waals surface area contributed by atoms with Crippen molar-refractivity contribution in [3.05, 3.63) is 52.0 Å². The van der Waals surface area contributed by atoms with E-state index < -0.39 is 22.1 Å². The number of aromatic carboxylic acids is 1. The second kappa shape index (κ2) is 5.62. The molecule has 0 spiro atoms. The lowest BCUT2D eigenvalue weighted by molar-refractivity contribution is -0.385. The number of nitrogens with zero attached hydrogens (tertiary/aromatic N) is 4. The molecule has 0 fully saturated rings. The largest absolute Gasteiger partial charge is 0.477 e. The van der Waals surface area contributed by atoms with Crippen molar-refractivity contribution >= 4 is 11.7 Å². The van der Waals surface area contributed by atoms with Gasteiger partial charge in [-0.1, -0.05) is 6.07 Å². The maximum Gasteiger partial charge on any atom is 0.346 e. The zero-order valence-corrected chi connectivity index (χ0v) is 10.3. The van der Waals surface area contributed by atoms with Gasteiger partial charge in [-0.3, -0.25) is 10.1 Å². The van der Waals surface area contributed by atoms with Gasteiger partial charge < -0.3 is 9.84 Å². The zero-order valence-electron chi connectivity index (χ0n) is 10.3. The zero-order chi connectivity index (χ0) is 15.4. The summed E-state index contributed by atoms with van der Waals surface area (Å²) in [5.74, 6) is -2.06. The van der Waals surface area contributed by atoms with Crippen LogP contribution in [-0.4, -0.2) is 26.0 Å². The molecule has 1 heterocycles. The molecule has 0 bridgehead atoms. The summed E-state index contributed by atoms with van der Waals surface area (Å²) in [4.78, 5) is 28.7. The topological polar surface area (TPSA) is 139 Å². The molecule has 2 aromatic rings. The molecule has 2 rings (SSSR count). The van der Waals surface area contributed by atoms with Gasteiger partial charge in [0.1, 0.15) is 6.07 Å². The lowest BCUT2D eigenvalue weighted by Crippen LogP contribution is -2.06. The van der Waals surface area contributed by atoms with Crippen molar-refractivity contribution in [3.63, 3.8) is 0 Å². The molecule has 1 N–H and O–H groups in total. The molecular weight excluding hydrogens is 280 g/mol. The molecule has 1 aromatic carbocycles. The SMILES string of the molecule is N#Cc1nccnc1Oc1cccc([N+](=O)[O-])c1C(=O)O. The highest BCUT2D eigenvalue weighted by molar-refractivity contribution is 5.95. The van der Waals surface area contributed by atoms with Gasteiger partial charge in [-0.15, -0.1) is 0 Å². The summed E-state index contributed by atoms with van der Waals surface area (Å²) in [6, 6.07) is 5.26. The Bertz CT molecular complexity index is 768. The van der Waals surface area contributed by atoms with Gasteiger partial charge in [0.25, 0.3) is 11.6 Å². The molecule has 0 saturated heterocycles. The summed E-state index contributed by atoms with van der Waals surface area (Å²) in [5, 5.41) is 28.8. The van der Waals surface area contributed by atoms with Crippen LogP contribution in [0, 0.1) is 21.4 Å². The average Bonchev–Trinajstić information content (AvgIpc) is 2.47. The maximum atomic E-state index is 11.2. The summed E-state index contributed by atoms with van der Waals surface area (Å²) in [6.07, 6.45) is 2.50. The van der Waals surface area contributed by atoms with Gasteiger partial charge in [-0.2, -0.15) is 5.26 Å². The van der Waals surface area contributed by atoms with Crippen molar-refractivity contribution in [2.45, 2.75) is 0 Å². The predicted octanol–water partition coefficient (Wildman–Crippen LogP) is 1.75. The molecule has 21 heavy (non-hydrogen) atoms. The van der Waals surface area contributed by atoms with Crippen LogP contribution in [0.3, 0.4) is 0 Å². The first-order valence-electron chi connectivity index (χ1n) is 5.44. The third kappa shape index (κ3) is 2.74.